The summed E-state index contributed by atoms with van der Waals surface area (Å²) in [4.78, 5) is 11.5. The van der Waals surface area contributed by atoms with E-state index in [0.717, 1.165) is 32.1 Å². The quantitative estimate of drug-likeness (QED) is 0.384. The average Bonchev–Trinajstić information content (AvgIpc) is 2.66. The highest BCUT2D eigenvalue weighted by atomic mass is 16.5. The van der Waals surface area contributed by atoms with Gasteiger partial charge in [0.2, 0.25) is 5.75 Å². The van der Waals surface area contributed by atoms with Gasteiger partial charge in [0.15, 0.2) is 11.5 Å². The first-order chi connectivity index (χ1) is 13.1. The first kappa shape index (κ1) is 22.3. The van der Waals surface area contributed by atoms with Gasteiger partial charge in [-0.15, -0.1) is 24.7 Å². The summed E-state index contributed by atoms with van der Waals surface area (Å²) in [6.07, 6.45) is 15.9. The van der Waals surface area contributed by atoms with Crippen LogP contribution in [0.2, 0.25) is 0 Å². The van der Waals surface area contributed by atoms with Crippen LogP contribution in [0.4, 0.5) is 0 Å². The number of hydrogen-bond donors (Lipinski definition) is 1. The van der Waals surface area contributed by atoms with Gasteiger partial charge in [-0.05, 0) is 44.2 Å². The van der Waals surface area contributed by atoms with Gasteiger partial charge in [-0.25, -0.2) is 4.79 Å². The van der Waals surface area contributed by atoms with Crippen molar-refractivity contribution in [1.82, 2.24) is 0 Å². The van der Waals surface area contributed by atoms with Gasteiger partial charge in [-0.2, -0.15) is 0 Å². The summed E-state index contributed by atoms with van der Waals surface area (Å²) in [5, 5.41) is 9.39. The normalized spacial score (nSPS) is 9.89. The molecule has 1 aromatic carbocycles. The second-order valence-electron chi connectivity index (χ2n) is 5.97. The molecule has 0 atom stereocenters. The number of carboxylic acids is 1. The third-order valence-corrected chi connectivity index (χ3v) is 3.66. The average molecular weight is 372 g/mol. The van der Waals surface area contributed by atoms with Crippen molar-refractivity contribution in [3.8, 4) is 41.9 Å². The third-order valence-electron chi connectivity index (χ3n) is 3.66. The largest absolute Gasteiger partial charge is 0.490 e. The Morgan fingerprint density at radius 2 is 1.44 bits per heavy atom. The summed E-state index contributed by atoms with van der Waals surface area (Å²) in [5.41, 5.74) is 0.0936. The number of carbonyl (C=O) groups is 1. The number of rotatable bonds is 14. The van der Waals surface area contributed by atoms with Crippen molar-refractivity contribution in [2.75, 3.05) is 19.8 Å². The summed E-state index contributed by atoms with van der Waals surface area (Å²) in [6, 6.07) is 2.94. The number of carboxylic acid groups (broad SMARTS) is 1. The van der Waals surface area contributed by atoms with E-state index in [1.54, 1.807) is 0 Å². The second kappa shape index (κ2) is 13.4. The Morgan fingerprint density at radius 3 is 1.85 bits per heavy atom. The van der Waals surface area contributed by atoms with Crippen LogP contribution in [0.25, 0.3) is 0 Å². The SMILES string of the molecule is C#CCCCCOc1cc(C(=O)O)cc(OCCCCC#C)c1OCCC. The van der Waals surface area contributed by atoms with Crippen molar-refractivity contribution >= 4 is 5.97 Å². The summed E-state index contributed by atoms with van der Waals surface area (Å²) in [5.74, 6) is 5.32. The Labute approximate surface area is 162 Å². The third kappa shape index (κ3) is 8.42. The Bertz CT molecular complexity index is 621. The van der Waals surface area contributed by atoms with Crippen LogP contribution in [-0.2, 0) is 0 Å². The molecule has 27 heavy (non-hydrogen) atoms. The molecule has 0 spiro atoms. The fraction of sp³-hybridized carbons (Fsp3) is 0.500. The minimum absolute atomic E-state index is 0.0936. The lowest BCUT2D eigenvalue weighted by atomic mass is 10.1. The molecule has 0 radical (unpaired) electrons. The lowest BCUT2D eigenvalue weighted by Gasteiger charge is -2.18. The molecule has 5 heteroatoms. The van der Waals surface area contributed by atoms with E-state index in [2.05, 4.69) is 11.8 Å². The second-order valence-corrected chi connectivity index (χ2v) is 5.97. The monoisotopic (exact) mass is 372 g/mol. The van der Waals surface area contributed by atoms with E-state index in [1.807, 2.05) is 6.92 Å². The highest BCUT2D eigenvalue weighted by Crippen LogP contribution is 2.39. The van der Waals surface area contributed by atoms with Crippen LogP contribution in [0.15, 0.2) is 12.1 Å². The fourth-order valence-electron chi connectivity index (χ4n) is 2.28. The zero-order valence-corrected chi connectivity index (χ0v) is 16.0. The minimum atomic E-state index is -1.05. The summed E-state index contributed by atoms with van der Waals surface area (Å²) >= 11 is 0. The lowest BCUT2D eigenvalue weighted by Crippen LogP contribution is -2.08. The van der Waals surface area contributed by atoms with Crippen molar-refractivity contribution in [2.45, 2.75) is 51.9 Å². The molecule has 0 amide bonds. The number of ether oxygens (including phenoxy) is 3. The number of terminal acetylenes is 2. The molecule has 1 N–H and O–H groups in total. The topological polar surface area (TPSA) is 65.0 Å². The van der Waals surface area contributed by atoms with Gasteiger partial charge < -0.3 is 19.3 Å². The maximum Gasteiger partial charge on any atom is 0.335 e. The van der Waals surface area contributed by atoms with Crippen molar-refractivity contribution < 1.29 is 24.1 Å². The summed E-state index contributed by atoms with van der Waals surface area (Å²) < 4.78 is 17.4. The van der Waals surface area contributed by atoms with Gasteiger partial charge >= 0.3 is 5.97 Å². The van der Waals surface area contributed by atoms with Crippen LogP contribution in [-0.4, -0.2) is 30.9 Å². The fourth-order valence-corrected chi connectivity index (χ4v) is 2.28. The lowest BCUT2D eigenvalue weighted by molar-refractivity contribution is 0.0695. The molecule has 0 bridgehead atoms. The molecule has 1 rings (SSSR count). The van der Waals surface area contributed by atoms with Gasteiger partial charge in [-0.3, -0.25) is 0 Å². The molecular formula is C22H28O5. The van der Waals surface area contributed by atoms with Crippen LogP contribution in [0.1, 0.15) is 62.2 Å². The van der Waals surface area contributed by atoms with Crippen molar-refractivity contribution in [1.29, 1.82) is 0 Å². The van der Waals surface area contributed by atoms with Crippen LogP contribution in [0.5, 0.6) is 17.2 Å². The minimum Gasteiger partial charge on any atom is -0.490 e. The number of unbranched alkanes of at least 4 members (excludes halogenated alkanes) is 4. The highest BCUT2D eigenvalue weighted by Gasteiger charge is 2.18. The molecule has 1 aromatic rings. The first-order valence-electron chi connectivity index (χ1n) is 9.30. The zero-order valence-electron chi connectivity index (χ0n) is 16.0. The molecule has 0 heterocycles. The molecule has 0 fully saturated rings. The maximum absolute atomic E-state index is 11.5. The molecule has 5 nitrogen and oxygen atoms in total. The molecule has 0 unspecified atom stereocenters. The maximum atomic E-state index is 11.5. The molecule has 0 saturated heterocycles. The molecular weight excluding hydrogens is 344 g/mol. The van der Waals surface area contributed by atoms with Crippen LogP contribution in [0, 0.1) is 24.7 Å². The van der Waals surface area contributed by atoms with Crippen LogP contribution in [0.3, 0.4) is 0 Å². The van der Waals surface area contributed by atoms with Gasteiger partial charge in [0, 0.05) is 12.8 Å². The van der Waals surface area contributed by atoms with Gasteiger partial charge in [0.25, 0.3) is 0 Å². The number of hydrogen-bond acceptors (Lipinski definition) is 4. The smallest absolute Gasteiger partial charge is 0.335 e. The summed E-state index contributed by atoms with van der Waals surface area (Å²) in [6.45, 7) is 3.32. The molecule has 0 saturated carbocycles. The van der Waals surface area contributed by atoms with Crippen molar-refractivity contribution in [3.63, 3.8) is 0 Å². The van der Waals surface area contributed by atoms with Gasteiger partial charge in [0.1, 0.15) is 0 Å². The highest BCUT2D eigenvalue weighted by molar-refractivity contribution is 5.89. The standard InChI is InChI=1S/C22H28O5/c1-4-7-9-11-14-25-19-16-18(22(23)24)17-20(21(19)27-13-6-3)26-15-12-10-8-5-2/h1-2,16-17H,6-15H2,3H3,(H,23,24). The van der Waals surface area contributed by atoms with Gasteiger partial charge in [-0.1, -0.05) is 6.92 Å². The van der Waals surface area contributed by atoms with Crippen LogP contribution < -0.4 is 14.2 Å². The zero-order chi connectivity index (χ0) is 19.9. The predicted molar refractivity (Wildman–Crippen MR) is 106 cm³/mol. The molecule has 146 valence electrons. The molecule has 0 aliphatic rings. The summed E-state index contributed by atoms with van der Waals surface area (Å²) in [7, 11) is 0. The van der Waals surface area contributed by atoms with E-state index < -0.39 is 5.97 Å². The first-order valence-corrected chi connectivity index (χ1v) is 9.30. The van der Waals surface area contributed by atoms with E-state index in [-0.39, 0.29) is 5.56 Å². The van der Waals surface area contributed by atoms with E-state index in [0.29, 0.717) is 49.9 Å². The predicted octanol–water partition coefficient (Wildman–Crippen LogP) is 4.54. The van der Waals surface area contributed by atoms with Crippen molar-refractivity contribution in [2.24, 2.45) is 0 Å². The van der Waals surface area contributed by atoms with E-state index in [9.17, 15) is 9.90 Å². The van der Waals surface area contributed by atoms with E-state index >= 15 is 0 Å². The Kier molecular flexibility index (Phi) is 11.1. The molecule has 0 aliphatic heterocycles. The van der Waals surface area contributed by atoms with Crippen molar-refractivity contribution in [3.05, 3.63) is 17.7 Å². The number of aromatic carboxylic acids is 1. The van der Waals surface area contributed by atoms with E-state index in [1.165, 1.54) is 12.1 Å². The van der Waals surface area contributed by atoms with E-state index in [4.69, 9.17) is 27.1 Å². The molecule has 0 aliphatic carbocycles. The molecule has 0 aromatic heterocycles. The Morgan fingerprint density at radius 1 is 0.926 bits per heavy atom. The van der Waals surface area contributed by atoms with Crippen LogP contribution >= 0.6 is 0 Å². The number of benzene rings is 1. The van der Waals surface area contributed by atoms with Gasteiger partial charge in [0.05, 0.1) is 25.4 Å². The Balaban J connectivity index is 2.95. The Hall–Kier alpha value is -2.79.